The van der Waals surface area contributed by atoms with Crippen molar-refractivity contribution in [2.45, 2.75) is 52.0 Å². The number of benzene rings is 1. The van der Waals surface area contributed by atoms with Crippen LogP contribution in [0, 0.1) is 0 Å². The summed E-state index contributed by atoms with van der Waals surface area (Å²) in [5, 5.41) is 3.59. The van der Waals surface area contributed by atoms with E-state index in [1.54, 1.807) is 0 Å². The van der Waals surface area contributed by atoms with Gasteiger partial charge in [0, 0.05) is 19.3 Å². The smallest absolute Gasteiger partial charge is 0.0477 e. The maximum atomic E-state index is 5.35. The largest absolute Gasteiger partial charge is 0.382 e. The zero-order valence-electron chi connectivity index (χ0n) is 12.9. The van der Waals surface area contributed by atoms with Gasteiger partial charge in [0.2, 0.25) is 0 Å². The normalized spacial score (nSPS) is 13.5. The van der Waals surface area contributed by atoms with Crippen molar-refractivity contribution in [3.05, 3.63) is 35.9 Å². The molecule has 1 aromatic carbocycles. The van der Waals surface area contributed by atoms with Gasteiger partial charge in [-0.2, -0.15) is 0 Å². The molecule has 1 atom stereocenters. The molecule has 1 aromatic rings. The average Bonchev–Trinajstić information content (AvgIpc) is 2.39. The second-order valence-corrected chi connectivity index (χ2v) is 5.86. The molecule has 1 rings (SSSR count). The first-order chi connectivity index (χ1) is 9.06. The fourth-order valence-corrected chi connectivity index (χ4v) is 2.51. The molecule has 0 aliphatic rings. The van der Waals surface area contributed by atoms with E-state index in [1.807, 2.05) is 6.92 Å². The van der Waals surface area contributed by atoms with Crippen LogP contribution in [0.5, 0.6) is 0 Å². The molecule has 0 heterocycles. The summed E-state index contributed by atoms with van der Waals surface area (Å²) in [5.74, 6) is 0. The van der Waals surface area contributed by atoms with Gasteiger partial charge in [-0.05, 0) is 44.2 Å². The first kappa shape index (κ1) is 16.2. The Balaban J connectivity index is 2.32. The minimum absolute atomic E-state index is 0.216. The van der Waals surface area contributed by atoms with Gasteiger partial charge in [0.15, 0.2) is 0 Å². The van der Waals surface area contributed by atoms with Crippen molar-refractivity contribution in [1.29, 1.82) is 0 Å². The average molecular weight is 263 g/mol. The predicted molar refractivity (Wildman–Crippen MR) is 82.7 cm³/mol. The zero-order valence-corrected chi connectivity index (χ0v) is 12.9. The molecule has 0 aliphatic carbocycles. The topological polar surface area (TPSA) is 21.3 Å². The van der Waals surface area contributed by atoms with E-state index >= 15 is 0 Å². The molecule has 0 spiro atoms. The van der Waals surface area contributed by atoms with Crippen LogP contribution in [0.2, 0.25) is 0 Å². The third kappa shape index (κ3) is 6.22. The van der Waals surface area contributed by atoms with Gasteiger partial charge < -0.3 is 10.1 Å². The lowest BCUT2D eigenvalue weighted by atomic mass is 9.79. The van der Waals surface area contributed by atoms with Crippen molar-refractivity contribution in [3.63, 3.8) is 0 Å². The van der Waals surface area contributed by atoms with Crippen LogP contribution in [0.4, 0.5) is 0 Å². The minimum Gasteiger partial charge on any atom is -0.382 e. The Morgan fingerprint density at radius 3 is 2.53 bits per heavy atom. The Hall–Kier alpha value is -0.860. The molecule has 0 saturated heterocycles. The molecule has 1 N–H and O–H groups in total. The van der Waals surface area contributed by atoms with Crippen LogP contribution in [-0.4, -0.2) is 25.8 Å². The Morgan fingerprint density at radius 2 is 1.89 bits per heavy atom. The molecule has 0 aliphatic heterocycles. The summed E-state index contributed by atoms with van der Waals surface area (Å²) in [6.45, 7) is 11.7. The van der Waals surface area contributed by atoms with Gasteiger partial charge >= 0.3 is 0 Å². The van der Waals surface area contributed by atoms with Crippen LogP contribution in [0.1, 0.15) is 46.1 Å². The van der Waals surface area contributed by atoms with E-state index in [0.717, 1.165) is 32.6 Å². The van der Waals surface area contributed by atoms with Crippen LogP contribution in [0.3, 0.4) is 0 Å². The summed E-state index contributed by atoms with van der Waals surface area (Å²) in [6, 6.07) is 11.3. The summed E-state index contributed by atoms with van der Waals surface area (Å²) in [7, 11) is 0. The zero-order chi connectivity index (χ0) is 14.1. The summed E-state index contributed by atoms with van der Waals surface area (Å²) in [6.07, 6.45) is 2.23. The maximum absolute atomic E-state index is 5.35. The highest BCUT2D eigenvalue weighted by molar-refractivity contribution is 5.23. The van der Waals surface area contributed by atoms with Gasteiger partial charge in [0.25, 0.3) is 0 Å². The molecule has 0 bridgehead atoms. The van der Waals surface area contributed by atoms with Gasteiger partial charge in [-0.1, -0.05) is 44.2 Å². The predicted octanol–water partition coefficient (Wildman–Crippen LogP) is 3.76. The van der Waals surface area contributed by atoms with Crippen LogP contribution in [0.15, 0.2) is 30.3 Å². The number of nitrogens with one attached hydrogen (secondary N) is 1. The molecular formula is C17H29NO. The maximum Gasteiger partial charge on any atom is 0.0477 e. The lowest BCUT2D eigenvalue weighted by Gasteiger charge is -2.29. The third-order valence-corrected chi connectivity index (χ3v) is 3.53. The molecule has 0 amide bonds. The Bertz CT molecular complexity index is 334. The van der Waals surface area contributed by atoms with Crippen molar-refractivity contribution in [1.82, 2.24) is 5.32 Å². The molecular weight excluding hydrogens is 234 g/mol. The Morgan fingerprint density at radius 1 is 1.21 bits per heavy atom. The fourth-order valence-electron chi connectivity index (χ4n) is 2.51. The third-order valence-electron chi connectivity index (χ3n) is 3.53. The van der Waals surface area contributed by atoms with Crippen molar-refractivity contribution < 1.29 is 4.74 Å². The Labute approximate surface area is 118 Å². The highest BCUT2D eigenvalue weighted by Crippen LogP contribution is 2.27. The van der Waals surface area contributed by atoms with E-state index in [2.05, 4.69) is 56.4 Å². The SMILES string of the molecule is CCOCCCNC(C)CC(C)(C)c1ccccc1. The fraction of sp³-hybridized carbons (Fsp3) is 0.647. The van der Waals surface area contributed by atoms with Crippen molar-refractivity contribution in [2.75, 3.05) is 19.8 Å². The lowest BCUT2D eigenvalue weighted by Crippen LogP contribution is -2.34. The van der Waals surface area contributed by atoms with Crippen LogP contribution in [0.25, 0.3) is 0 Å². The number of hydrogen-bond donors (Lipinski definition) is 1. The molecule has 0 radical (unpaired) electrons. The van der Waals surface area contributed by atoms with E-state index < -0.39 is 0 Å². The van der Waals surface area contributed by atoms with E-state index in [0.29, 0.717) is 6.04 Å². The van der Waals surface area contributed by atoms with Crippen molar-refractivity contribution in [3.8, 4) is 0 Å². The second-order valence-electron chi connectivity index (χ2n) is 5.86. The van der Waals surface area contributed by atoms with Gasteiger partial charge in [0.05, 0.1) is 0 Å². The monoisotopic (exact) mass is 263 g/mol. The van der Waals surface area contributed by atoms with Gasteiger partial charge in [-0.25, -0.2) is 0 Å². The van der Waals surface area contributed by atoms with Gasteiger partial charge in [-0.15, -0.1) is 0 Å². The van der Waals surface area contributed by atoms with Crippen molar-refractivity contribution >= 4 is 0 Å². The second kappa shape index (κ2) is 8.34. The number of ether oxygens (including phenoxy) is 1. The van der Waals surface area contributed by atoms with E-state index in [9.17, 15) is 0 Å². The summed E-state index contributed by atoms with van der Waals surface area (Å²) in [5.41, 5.74) is 1.63. The van der Waals surface area contributed by atoms with Gasteiger partial charge in [0.1, 0.15) is 0 Å². The highest BCUT2D eigenvalue weighted by atomic mass is 16.5. The first-order valence-corrected chi connectivity index (χ1v) is 7.43. The van der Waals surface area contributed by atoms with E-state index in [4.69, 9.17) is 4.74 Å². The Kier molecular flexibility index (Phi) is 7.11. The highest BCUT2D eigenvalue weighted by Gasteiger charge is 2.22. The lowest BCUT2D eigenvalue weighted by molar-refractivity contribution is 0.144. The molecule has 0 aromatic heterocycles. The first-order valence-electron chi connectivity index (χ1n) is 7.43. The number of rotatable bonds is 9. The molecule has 0 fully saturated rings. The van der Waals surface area contributed by atoms with Crippen LogP contribution < -0.4 is 5.32 Å². The van der Waals surface area contributed by atoms with E-state index in [1.165, 1.54) is 5.56 Å². The summed E-state index contributed by atoms with van der Waals surface area (Å²) >= 11 is 0. The summed E-state index contributed by atoms with van der Waals surface area (Å²) in [4.78, 5) is 0. The molecule has 1 unspecified atom stereocenters. The molecule has 108 valence electrons. The van der Waals surface area contributed by atoms with Crippen LogP contribution in [-0.2, 0) is 10.2 Å². The van der Waals surface area contributed by atoms with Gasteiger partial charge in [-0.3, -0.25) is 0 Å². The standard InChI is InChI=1S/C17H29NO/c1-5-19-13-9-12-18-15(2)14-17(3,4)16-10-7-6-8-11-16/h6-8,10-11,15,18H,5,9,12-14H2,1-4H3. The minimum atomic E-state index is 0.216. The molecule has 2 heteroatoms. The summed E-state index contributed by atoms with van der Waals surface area (Å²) < 4.78 is 5.35. The van der Waals surface area contributed by atoms with Crippen molar-refractivity contribution in [2.24, 2.45) is 0 Å². The molecule has 0 saturated carbocycles. The van der Waals surface area contributed by atoms with Crippen LogP contribution >= 0.6 is 0 Å². The quantitative estimate of drug-likeness (QED) is 0.685. The molecule has 2 nitrogen and oxygen atoms in total. The van der Waals surface area contributed by atoms with E-state index in [-0.39, 0.29) is 5.41 Å². The molecule has 19 heavy (non-hydrogen) atoms. The number of hydrogen-bond acceptors (Lipinski definition) is 2.